The van der Waals surface area contributed by atoms with Crippen LogP contribution in [0.15, 0.2) is 5.16 Å². The van der Waals surface area contributed by atoms with E-state index in [1.54, 1.807) is 0 Å². The van der Waals surface area contributed by atoms with Crippen molar-refractivity contribution in [1.29, 1.82) is 0 Å². The first-order chi connectivity index (χ1) is 6.56. The summed E-state index contributed by atoms with van der Waals surface area (Å²) in [5.41, 5.74) is 10.3. The van der Waals surface area contributed by atoms with Crippen molar-refractivity contribution in [2.45, 2.75) is 32.2 Å². The summed E-state index contributed by atoms with van der Waals surface area (Å²) in [6.45, 7) is 2.60. The molecule has 0 bridgehead atoms. The number of nitrogens with zero attached hydrogens (tertiary/aromatic N) is 1. The Balaban J connectivity index is 3.40. The number of hydrogen-bond donors (Lipinski definition) is 4. The van der Waals surface area contributed by atoms with Crippen molar-refractivity contribution >= 4 is 11.7 Å². The standard InChI is InChI=1S/C8H18N4O2/c1-6(5-8(10)13)11-4-2-3-7(9)12-14/h6,11,14H,2-5H2,1H3,(H2,9,12)(H2,10,13). The zero-order valence-corrected chi connectivity index (χ0v) is 8.36. The largest absolute Gasteiger partial charge is 0.409 e. The Morgan fingerprint density at radius 1 is 1.57 bits per heavy atom. The predicted molar refractivity (Wildman–Crippen MR) is 53.9 cm³/mol. The molecule has 0 fully saturated rings. The van der Waals surface area contributed by atoms with E-state index in [-0.39, 0.29) is 17.8 Å². The van der Waals surface area contributed by atoms with E-state index < -0.39 is 0 Å². The van der Waals surface area contributed by atoms with Gasteiger partial charge in [-0.2, -0.15) is 0 Å². The lowest BCUT2D eigenvalue weighted by Crippen LogP contribution is -2.32. The summed E-state index contributed by atoms with van der Waals surface area (Å²) in [6, 6.07) is 0.0692. The number of primary amides is 1. The van der Waals surface area contributed by atoms with Gasteiger partial charge in [0.1, 0.15) is 5.84 Å². The lowest BCUT2D eigenvalue weighted by Gasteiger charge is -2.10. The van der Waals surface area contributed by atoms with Gasteiger partial charge in [0.25, 0.3) is 0 Å². The topological polar surface area (TPSA) is 114 Å². The molecule has 82 valence electrons. The third kappa shape index (κ3) is 7.35. The van der Waals surface area contributed by atoms with Gasteiger partial charge in [0.2, 0.25) is 5.91 Å². The number of nitrogens with two attached hydrogens (primary N) is 2. The van der Waals surface area contributed by atoms with Crippen LogP contribution in [-0.4, -0.2) is 29.5 Å². The fourth-order valence-corrected chi connectivity index (χ4v) is 1.04. The lowest BCUT2D eigenvalue weighted by atomic mass is 10.2. The Morgan fingerprint density at radius 2 is 2.21 bits per heavy atom. The molecule has 0 aliphatic rings. The van der Waals surface area contributed by atoms with Crippen LogP contribution >= 0.6 is 0 Å². The Morgan fingerprint density at radius 3 is 2.71 bits per heavy atom. The van der Waals surface area contributed by atoms with Gasteiger partial charge in [0, 0.05) is 18.9 Å². The maximum atomic E-state index is 10.5. The van der Waals surface area contributed by atoms with Crippen molar-refractivity contribution in [2.75, 3.05) is 6.54 Å². The molecule has 1 atom stereocenters. The first kappa shape index (κ1) is 12.7. The van der Waals surface area contributed by atoms with Crippen LogP contribution in [0.5, 0.6) is 0 Å². The highest BCUT2D eigenvalue weighted by Gasteiger charge is 2.04. The molecule has 6 N–H and O–H groups in total. The smallest absolute Gasteiger partial charge is 0.218 e. The second-order valence-electron chi connectivity index (χ2n) is 3.22. The average molecular weight is 202 g/mol. The lowest BCUT2D eigenvalue weighted by molar-refractivity contribution is -0.118. The first-order valence-corrected chi connectivity index (χ1v) is 4.54. The molecule has 0 rings (SSSR count). The second kappa shape index (κ2) is 7.14. The second-order valence-corrected chi connectivity index (χ2v) is 3.22. The van der Waals surface area contributed by atoms with E-state index in [4.69, 9.17) is 16.7 Å². The maximum Gasteiger partial charge on any atom is 0.218 e. The van der Waals surface area contributed by atoms with Crippen LogP contribution in [0, 0.1) is 0 Å². The van der Waals surface area contributed by atoms with Crippen molar-refractivity contribution in [2.24, 2.45) is 16.6 Å². The van der Waals surface area contributed by atoms with Crippen molar-refractivity contribution < 1.29 is 10.0 Å². The van der Waals surface area contributed by atoms with Gasteiger partial charge < -0.3 is 22.0 Å². The van der Waals surface area contributed by atoms with E-state index in [9.17, 15) is 4.79 Å². The molecule has 0 spiro atoms. The zero-order chi connectivity index (χ0) is 11.0. The molecule has 0 aromatic carbocycles. The number of hydrogen-bond acceptors (Lipinski definition) is 4. The van der Waals surface area contributed by atoms with Crippen LogP contribution in [0.1, 0.15) is 26.2 Å². The Labute approximate surface area is 83.3 Å². The minimum Gasteiger partial charge on any atom is -0.409 e. The number of nitrogens with one attached hydrogen (secondary N) is 1. The molecule has 0 aromatic rings. The normalized spacial score (nSPS) is 13.9. The minimum atomic E-state index is -0.318. The van der Waals surface area contributed by atoms with E-state index in [2.05, 4.69) is 10.5 Å². The zero-order valence-electron chi connectivity index (χ0n) is 8.36. The molecule has 6 heteroatoms. The molecule has 14 heavy (non-hydrogen) atoms. The molecular weight excluding hydrogens is 184 g/mol. The van der Waals surface area contributed by atoms with Crippen molar-refractivity contribution in [3.8, 4) is 0 Å². The van der Waals surface area contributed by atoms with Gasteiger partial charge in [-0.25, -0.2) is 0 Å². The quantitative estimate of drug-likeness (QED) is 0.145. The van der Waals surface area contributed by atoms with E-state index in [1.165, 1.54) is 0 Å². The van der Waals surface area contributed by atoms with Crippen LogP contribution in [0.2, 0.25) is 0 Å². The van der Waals surface area contributed by atoms with Gasteiger partial charge in [0.15, 0.2) is 0 Å². The number of amides is 1. The Kier molecular flexibility index (Phi) is 6.47. The Hall–Kier alpha value is -1.30. The monoisotopic (exact) mass is 202 g/mol. The SMILES string of the molecule is CC(CC(N)=O)NCCCC(N)=NO. The predicted octanol–water partition coefficient (Wildman–Crippen LogP) is -0.633. The summed E-state index contributed by atoms with van der Waals surface area (Å²) < 4.78 is 0. The van der Waals surface area contributed by atoms with Crippen LogP contribution in [0.25, 0.3) is 0 Å². The molecule has 1 amide bonds. The number of carbonyl (C=O) groups is 1. The molecule has 1 unspecified atom stereocenters. The van der Waals surface area contributed by atoms with Crippen molar-refractivity contribution in [1.82, 2.24) is 5.32 Å². The third-order valence-electron chi connectivity index (χ3n) is 1.74. The molecule has 0 aliphatic carbocycles. The average Bonchev–Trinajstić information content (AvgIpc) is 2.10. The van der Waals surface area contributed by atoms with E-state index in [0.717, 1.165) is 6.42 Å². The number of rotatable bonds is 7. The fraction of sp³-hybridized carbons (Fsp3) is 0.750. The van der Waals surface area contributed by atoms with Gasteiger partial charge in [-0.15, -0.1) is 0 Å². The van der Waals surface area contributed by atoms with Gasteiger partial charge in [0.05, 0.1) is 0 Å². The summed E-state index contributed by atoms with van der Waals surface area (Å²) in [4.78, 5) is 10.5. The molecule has 0 saturated heterocycles. The Bertz CT molecular complexity index is 206. The van der Waals surface area contributed by atoms with Gasteiger partial charge in [-0.3, -0.25) is 4.79 Å². The molecule has 0 saturated carbocycles. The summed E-state index contributed by atoms with van der Waals surface area (Å²) in [5, 5.41) is 14.2. The minimum absolute atomic E-state index is 0.0692. The van der Waals surface area contributed by atoms with Crippen LogP contribution in [0.3, 0.4) is 0 Å². The van der Waals surface area contributed by atoms with Crippen LogP contribution in [-0.2, 0) is 4.79 Å². The van der Waals surface area contributed by atoms with Crippen molar-refractivity contribution in [3.05, 3.63) is 0 Å². The number of oxime groups is 1. The van der Waals surface area contributed by atoms with E-state index in [1.807, 2.05) is 6.92 Å². The molecule has 0 aliphatic heterocycles. The van der Waals surface area contributed by atoms with E-state index in [0.29, 0.717) is 19.4 Å². The number of carbonyl (C=O) groups excluding carboxylic acids is 1. The van der Waals surface area contributed by atoms with Crippen LogP contribution in [0.4, 0.5) is 0 Å². The summed E-state index contributed by atoms with van der Waals surface area (Å²) in [5.74, 6) is -0.101. The van der Waals surface area contributed by atoms with Gasteiger partial charge in [-0.1, -0.05) is 5.16 Å². The highest BCUT2D eigenvalue weighted by atomic mass is 16.4. The fourth-order valence-electron chi connectivity index (χ4n) is 1.04. The third-order valence-corrected chi connectivity index (χ3v) is 1.74. The highest BCUT2D eigenvalue weighted by Crippen LogP contribution is 1.91. The molecular formula is C8H18N4O2. The van der Waals surface area contributed by atoms with Crippen LogP contribution < -0.4 is 16.8 Å². The molecule has 0 aromatic heterocycles. The maximum absolute atomic E-state index is 10.5. The molecule has 0 radical (unpaired) electrons. The van der Waals surface area contributed by atoms with Gasteiger partial charge >= 0.3 is 0 Å². The molecule has 0 heterocycles. The first-order valence-electron chi connectivity index (χ1n) is 4.54. The summed E-state index contributed by atoms with van der Waals surface area (Å²) in [7, 11) is 0. The summed E-state index contributed by atoms with van der Waals surface area (Å²) >= 11 is 0. The van der Waals surface area contributed by atoms with Gasteiger partial charge in [-0.05, 0) is 19.9 Å². The molecule has 6 nitrogen and oxygen atoms in total. The highest BCUT2D eigenvalue weighted by molar-refractivity contribution is 5.79. The number of amidine groups is 1. The van der Waals surface area contributed by atoms with E-state index >= 15 is 0 Å². The van der Waals surface area contributed by atoms with Crippen molar-refractivity contribution in [3.63, 3.8) is 0 Å². The summed E-state index contributed by atoms with van der Waals surface area (Å²) in [6.07, 6.45) is 1.62.